The van der Waals surface area contributed by atoms with Gasteiger partial charge in [0, 0.05) is 16.4 Å². The molecule has 5 heteroatoms. The van der Waals surface area contributed by atoms with E-state index in [1.54, 1.807) is 12.1 Å². The van der Waals surface area contributed by atoms with Gasteiger partial charge >= 0.3 is 0 Å². The molecular weight excluding hydrogens is 321 g/mol. The third-order valence-electron chi connectivity index (χ3n) is 3.36. The minimum atomic E-state index is -0.512. The van der Waals surface area contributed by atoms with Gasteiger partial charge in [-0.25, -0.2) is 4.39 Å². The summed E-state index contributed by atoms with van der Waals surface area (Å²) in [5.41, 5.74) is 0.0673. The van der Waals surface area contributed by atoms with Crippen LogP contribution in [0.1, 0.15) is 29.6 Å². The largest absolute Gasteiger partial charge is 0.349 e. The highest BCUT2D eigenvalue weighted by Gasteiger charge is 2.29. The average molecular weight is 335 g/mol. The van der Waals surface area contributed by atoms with Crippen molar-refractivity contribution in [2.24, 2.45) is 5.92 Å². The highest BCUT2D eigenvalue weighted by Crippen LogP contribution is 2.27. The van der Waals surface area contributed by atoms with E-state index >= 15 is 0 Å². The summed E-state index contributed by atoms with van der Waals surface area (Å²) >= 11 is 9.06. The first-order chi connectivity index (χ1) is 8.63. The summed E-state index contributed by atoms with van der Waals surface area (Å²) in [7, 11) is 0. The number of benzene rings is 1. The molecule has 2 rings (SSSR count). The summed E-state index contributed by atoms with van der Waals surface area (Å²) < 4.78 is 14.1. The normalized spacial score (nSPS) is 23.1. The lowest BCUT2D eigenvalue weighted by molar-refractivity contribution is 0.0925. The Bertz CT molecular complexity index is 434. The van der Waals surface area contributed by atoms with Gasteiger partial charge in [-0.15, -0.1) is 11.6 Å². The van der Waals surface area contributed by atoms with Gasteiger partial charge in [-0.3, -0.25) is 4.79 Å². The lowest BCUT2D eigenvalue weighted by Crippen LogP contribution is -2.38. The van der Waals surface area contributed by atoms with Crippen LogP contribution < -0.4 is 5.32 Å². The first kappa shape index (κ1) is 13.8. The van der Waals surface area contributed by atoms with Crippen molar-refractivity contribution in [2.75, 3.05) is 5.88 Å². The molecule has 0 radical (unpaired) electrons. The minimum Gasteiger partial charge on any atom is -0.349 e. The number of alkyl halides is 1. The molecule has 18 heavy (non-hydrogen) atoms. The topological polar surface area (TPSA) is 29.1 Å². The van der Waals surface area contributed by atoms with Crippen LogP contribution in [0.25, 0.3) is 0 Å². The second-order valence-corrected chi connectivity index (χ2v) is 5.68. The standard InChI is InChI=1S/C13H14BrClFNO/c14-9-4-2-5-10(16)12(9)13(18)17-11-6-1-3-8(11)7-15/h2,4-5,8,11H,1,3,6-7H2,(H,17,18). The second-order valence-electron chi connectivity index (χ2n) is 4.52. The molecule has 1 aromatic rings. The van der Waals surface area contributed by atoms with Crippen LogP contribution in [0.5, 0.6) is 0 Å². The maximum Gasteiger partial charge on any atom is 0.255 e. The molecular formula is C13H14BrClFNO. The maximum atomic E-state index is 13.6. The molecule has 2 atom stereocenters. The van der Waals surface area contributed by atoms with Crippen molar-refractivity contribution >= 4 is 33.4 Å². The van der Waals surface area contributed by atoms with Crippen molar-refractivity contribution in [2.45, 2.75) is 25.3 Å². The predicted molar refractivity (Wildman–Crippen MR) is 73.4 cm³/mol. The zero-order valence-corrected chi connectivity index (χ0v) is 12.1. The van der Waals surface area contributed by atoms with E-state index in [2.05, 4.69) is 21.2 Å². The smallest absolute Gasteiger partial charge is 0.255 e. The summed E-state index contributed by atoms with van der Waals surface area (Å²) in [6, 6.07) is 4.56. The van der Waals surface area contributed by atoms with Crippen molar-refractivity contribution in [3.8, 4) is 0 Å². The first-order valence-electron chi connectivity index (χ1n) is 5.94. The van der Waals surface area contributed by atoms with Gasteiger partial charge in [0.2, 0.25) is 0 Å². The number of carbonyl (C=O) groups is 1. The van der Waals surface area contributed by atoms with E-state index < -0.39 is 5.82 Å². The van der Waals surface area contributed by atoms with Gasteiger partial charge in [-0.1, -0.05) is 12.5 Å². The number of amides is 1. The molecule has 1 aliphatic carbocycles. The summed E-state index contributed by atoms with van der Waals surface area (Å²) in [6.07, 6.45) is 2.99. The Hall–Kier alpha value is -0.610. The van der Waals surface area contributed by atoms with E-state index in [1.807, 2.05) is 0 Å². The van der Waals surface area contributed by atoms with E-state index in [4.69, 9.17) is 11.6 Å². The van der Waals surface area contributed by atoms with E-state index in [-0.39, 0.29) is 17.5 Å². The quantitative estimate of drug-likeness (QED) is 0.839. The van der Waals surface area contributed by atoms with E-state index in [9.17, 15) is 9.18 Å². The number of halogens is 3. The molecule has 0 spiro atoms. The van der Waals surface area contributed by atoms with E-state index in [0.29, 0.717) is 16.3 Å². The Kier molecular flexibility index (Phi) is 4.62. The second kappa shape index (κ2) is 6.02. The first-order valence-corrected chi connectivity index (χ1v) is 7.27. The number of nitrogens with one attached hydrogen (secondary N) is 1. The monoisotopic (exact) mass is 333 g/mol. The Labute approximate surface area is 119 Å². The fourth-order valence-electron chi connectivity index (χ4n) is 2.37. The van der Waals surface area contributed by atoms with E-state index in [1.165, 1.54) is 6.07 Å². The molecule has 1 aromatic carbocycles. The lowest BCUT2D eigenvalue weighted by Gasteiger charge is -2.19. The number of hydrogen-bond donors (Lipinski definition) is 1. The van der Waals surface area contributed by atoms with Gasteiger partial charge in [0.05, 0.1) is 5.56 Å². The number of hydrogen-bond acceptors (Lipinski definition) is 1. The van der Waals surface area contributed by atoms with Crippen LogP contribution in [-0.2, 0) is 0 Å². The zero-order chi connectivity index (χ0) is 13.1. The summed E-state index contributed by atoms with van der Waals surface area (Å²) in [4.78, 5) is 12.1. The summed E-state index contributed by atoms with van der Waals surface area (Å²) in [5.74, 6) is -0.0610. The van der Waals surface area contributed by atoms with Crippen LogP contribution in [0.2, 0.25) is 0 Å². The van der Waals surface area contributed by atoms with Crippen molar-refractivity contribution in [3.05, 3.63) is 34.1 Å². The van der Waals surface area contributed by atoms with Crippen molar-refractivity contribution in [1.29, 1.82) is 0 Å². The maximum absolute atomic E-state index is 13.6. The third-order valence-corrected chi connectivity index (χ3v) is 4.42. The molecule has 0 heterocycles. The predicted octanol–water partition coefficient (Wildman–Crippen LogP) is 3.73. The highest BCUT2D eigenvalue weighted by molar-refractivity contribution is 9.10. The van der Waals surface area contributed by atoms with Crippen LogP contribution in [0, 0.1) is 11.7 Å². The Morgan fingerprint density at radius 2 is 2.28 bits per heavy atom. The van der Waals surface area contributed by atoms with Crippen LogP contribution >= 0.6 is 27.5 Å². The molecule has 0 aromatic heterocycles. The Balaban J connectivity index is 2.12. The molecule has 0 saturated heterocycles. The van der Waals surface area contributed by atoms with Crippen molar-refractivity contribution < 1.29 is 9.18 Å². The van der Waals surface area contributed by atoms with Gasteiger partial charge in [0.25, 0.3) is 5.91 Å². The van der Waals surface area contributed by atoms with Gasteiger partial charge in [0.15, 0.2) is 0 Å². The average Bonchev–Trinajstić information content (AvgIpc) is 2.76. The molecule has 1 N–H and O–H groups in total. The Morgan fingerprint density at radius 3 is 2.94 bits per heavy atom. The zero-order valence-electron chi connectivity index (χ0n) is 9.76. The van der Waals surface area contributed by atoms with Crippen LogP contribution in [-0.4, -0.2) is 17.8 Å². The van der Waals surface area contributed by atoms with Gasteiger partial charge in [-0.2, -0.15) is 0 Å². The summed E-state index contributed by atoms with van der Waals surface area (Å²) in [6.45, 7) is 0. The molecule has 0 bridgehead atoms. The fraction of sp³-hybridized carbons (Fsp3) is 0.462. The molecule has 2 unspecified atom stereocenters. The number of carbonyl (C=O) groups excluding carboxylic acids is 1. The Morgan fingerprint density at radius 1 is 1.50 bits per heavy atom. The van der Waals surface area contributed by atoms with Crippen LogP contribution in [0.4, 0.5) is 4.39 Å². The fourth-order valence-corrected chi connectivity index (χ4v) is 3.26. The third kappa shape index (κ3) is 2.86. The number of rotatable bonds is 3. The molecule has 0 aliphatic heterocycles. The molecule has 1 fully saturated rings. The van der Waals surface area contributed by atoms with Crippen molar-refractivity contribution in [3.63, 3.8) is 0 Å². The molecule has 1 aliphatic rings. The lowest BCUT2D eigenvalue weighted by atomic mass is 10.1. The molecule has 1 amide bonds. The molecule has 98 valence electrons. The minimum absolute atomic E-state index is 0.0570. The van der Waals surface area contributed by atoms with Gasteiger partial charge in [0.1, 0.15) is 5.82 Å². The molecule has 1 saturated carbocycles. The van der Waals surface area contributed by atoms with Crippen LogP contribution in [0.3, 0.4) is 0 Å². The van der Waals surface area contributed by atoms with Gasteiger partial charge in [-0.05, 0) is 46.8 Å². The molecule has 2 nitrogen and oxygen atoms in total. The SMILES string of the molecule is O=C(NC1CCCC1CCl)c1c(F)cccc1Br. The van der Waals surface area contributed by atoms with Gasteiger partial charge < -0.3 is 5.32 Å². The summed E-state index contributed by atoms with van der Waals surface area (Å²) in [5, 5.41) is 2.88. The van der Waals surface area contributed by atoms with Crippen molar-refractivity contribution in [1.82, 2.24) is 5.32 Å². The highest BCUT2D eigenvalue weighted by atomic mass is 79.9. The van der Waals surface area contributed by atoms with Crippen LogP contribution in [0.15, 0.2) is 22.7 Å². The van der Waals surface area contributed by atoms with E-state index in [0.717, 1.165) is 19.3 Å².